The van der Waals surface area contributed by atoms with Crippen LogP contribution in [0.5, 0.6) is 0 Å². The maximum absolute atomic E-state index is 13.2. The van der Waals surface area contributed by atoms with Crippen molar-refractivity contribution in [2.75, 3.05) is 31.1 Å². The summed E-state index contributed by atoms with van der Waals surface area (Å²) in [6.45, 7) is 15.1. The second-order valence-corrected chi connectivity index (χ2v) is 8.46. The van der Waals surface area contributed by atoms with Crippen molar-refractivity contribution in [1.29, 1.82) is 0 Å². The highest BCUT2D eigenvalue weighted by Crippen LogP contribution is 2.24. The lowest BCUT2D eigenvalue weighted by atomic mass is 9.96. The molecule has 144 valence electrons. The summed E-state index contributed by atoms with van der Waals surface area (Å²) in [5.41, 5.74) is 4.10. The third kappa shape index (κ3) is 3.75. The van der Waals surface area contributed by atoms with Gasteiger partial charge in [-0.15, -0.1) is 0 Å². The fourth-order valence-electron chi connectivity index (χ4n) is 4.80. The molecule has 0 spiro atoms. The Labute approximate surface area is 159 Å². The quantitative estimate of drug-likeness (QED) is 0.897. The van der Waals surface area contributed by atoms with Gasteiger partial charge in [0.2, 0.25) is 0 Å². The van der Waals surface area contributed by atoms with Crippen molar-refractivity contribution in [3.05, 3.63) is 29.3 Å². The van der Waals surface area contributed by atoms with Crippen LogP contribution in [0.15, 0.2) is 18.2 Å². The van der Waals surface area contributed by atoms with Gasteiger partial charge in [0.1, 0.15) is 0 Å². The van der Waals surface area contributed by atoms with Crippen LogP contribution in [0.4, 0.5) is 5.69 Å². The first-order valence-corrected chi connectivity index (χ1v) is 10.4. The standard InChI is InChI=1S/C22H35N3O/c1-16-8-6-11-21(19(16)4)24-14-12-23(13-15-24)20(5)22(26)25-17(2)9-7-10-18(25)3/h6,8,11,17-18,20H,7,9-10,12-15H2,1-5H3/p+1/t17-,18-,20-/m0/s1. The van der Waals surface area contributed by atoms with E-state index in [1.54, 1.807) is 0 Å². The molecule has 1 N–H and O–H groups in total. The molecule has 1 aromatic rings. The Morgan fingerprint density at radius 2 is 1.73 bits per heavy atom. The summed E-state index contributed by atoms with van der Waals surface area (Å²) in [4.78, 5) is 19.3. The van der Waals surface area contributed by atoms with E-state index in [4.69, 9.17) is 0 Å². The van der Waals surface area contributed by atoms with Crippen molar-refractivity contribution >= 4 is 11.6 Å². The summed E-state index contributed by atoms with van der Waals surface area (Å²) >= 11 is 0. The summed E-state index contributed by atoms with van der Waals surface area (Å²) in [6.07, 6.45) is 3.55. The average molecular weight is 359 g/mol. The van der Waals surface area contributed by atoms with E-state index >= 15 is 0 Å². The van der Waals surface area contributed by atoms with Gasteiger partial charge in [0.25, 0.3) is 5.91 Å². The molecule has 4 heteroatoms. The molecular formula is C22H36N3O+. The van der Waals surface area contributed by atoms with E-state index in [2.05, 4.69) is 62.6 Å². The summed E-state index contributed by atoms with van der Waals surface area (Å²) in [5.74, 6) is 0.361. The van der Waals surface area contributed by atoms with Gasteiger partial charge in [-0.3, -0.25) is 4.79 Å². The van der Waals surface area contributed by atoms with Crippen LogP contribution in [-0.2, 0) is 4.79 Å². The van der Waals surface area contributed by atoms with Crippen LogP contribution in [0.25, 0.3) is 0 Å². The van der Waals surface area contributed by atoms with Crippen LogP contribution >= 0.6 is 0 Å². The molecule has 2 saturated heterocycles. The molecule has 0 bridgehead atoms. The number of likely N-dealkylation sites (tertiary alicyclic amines) is 1. The minimum atomic E-state index is 0.0683. The number of aryl methyl sites for hydroxylation is 1. The van der Waals surface area contributed by atoms with Crippen molar-refractivity contribution in [3.8, 4) is 0 Å². The molecular weight excluding hydrogens is 322 g/mol. The Bertz CT molecular complexity index is 626. The number of anilines is 1. The highest BCUT2D eigenvalue weighted by atomic mass is 16.2. The topological polar surface area (TPSA) is 28.0 Å². The van der Waals surface area contributed by atoms with Gasteiger partial charge in [-0.25, -0.2) is 0 Å². The van der Waals surface area contributed by atoms with Crippen LogP contribution in [0.2, 0.25) is 0 Å². The van der Waals surface area contributed by atoms with Gasteiger partial charge in [-0.05, 0) is 71.1 Å². The molecule has 0 unspecified atom stereocenters. The zero-order valence-electron chi connectivity index (χ0n) is 17.2. The Hall–Kier alpha value is -1.55. The number of benzene rings is 1. The lowest BCUT2D eigenvalue weighted by Gasteiger charge is -2.42. The second kappa shape index (κ2) is 7.99. The third-order valence-electron chi connectivity index (χ3n) is 6.75. The van der Waals surface area contributed by atoms with Gasteiger partial charge in [-0.1, -0.05) is 12.1 Å². The van der Waals surface area contributed by atoms with Crippen LogP contribution in [-0.4, -0.2) is 55.1 Å². The van der Waals surface area contributed by atoms with Gasteiger partial charge in [0, 0.05) is 17.8 Å². The minimum absolute atomic E-state index is 0.0683. The molecule has 0 saturated carbocycles. The van der Waals surface area contributed by atoms with Gasteiger partial charge in [0.15, 0.2) is 6.04 Å². The molecule has 2 aliphatic heterocycles. The molecule has 2 fully saturated rings. The van der Waals surface area contributed by atoms with E-state index < -0.39 is 0 Å². The largest absolute Gasteiger partial charge is 0.360 e. The fraction of sp³-hybridized carbons (Fsp3) is 0.682. The van der Waals surface area contributed by atoms with Crippen molar-refractivity contribution < 1.29 is 9.69 Å². The lowest BCUT2D eigenvalue weighted by molar-refractivity contribution is -0.915. The third-order valence-corrected chi connectivity index (χ3v) is 6.75. The number of nitrogens with zero attached hydrogens (tertiary/aromatic N) is 2. The molecule has 1 amide bonds. The SMILES string of the molecule is Cc1cccc(N2CC[NH+]([C@@H](C)C(=O)N3[C@@H](C)CCC[C@@H]3C)CC2)c1C. The monoisotopic (exact) mass is 358 g/mol. The summed E-state index contributed by atoms with van der Waals surface area (Å²) < 4.78 is 0. The van der Waals surface area contributed by atoms with Gasteiger partial charge >= 0.3 is 0 Å². The van der Waals surface area contributed by atoms with E-state index in [1.807, 2.05) is 0 Å². The zero-order valence-corrected chi connectivity index (χ0v) is 17.2. The maximum atomic E-state index is 13.2. The molecule has 2 aliphatic rings. The lowest BCUT2D eigenvalue weighted by Crippen LogP contribution is -3.19. The van der Waals surface area contributed by atoms with E-state index in [-0.39, 0.29) is 6.04 Å². The van der Waals surface area contributed by atoms with E-state index in [0.29, 0.717) is 18.0 Å². The molecule has 3 atom stereocenters. The van der Waals surface area contributed by atoms with Gasteiger partial charge in [0.05, 0.1) is 26.2 Å². The molecule has 1 aromatic carbocycles. The predicted octanol–water partition coefficient (Wildman–Crippen LogP) is 2.19. The maximum Gasteiger partial charge on any atom is 0.281 e. The van der Waals surface area contributed by atoms with Crippen molar-refractivity contribution in [3.63, 3.8) is 0 Å². The first-order valence-electron chi connectivity index (χ1n) is 10.4. The molecule has 2 heterocycles. The number of hydrogen-bond acceptors (Lipinski definition) is 2. The number of rotatable bonds is 3. The zero-order chi connectivity index (χ0) is 18.8. The summed E-state index contributed by atoms with van der Waals surface area (Å²) in [6, 6.07) is 7.43. The first-order chi connectivity index (χ1) is 12.4. The highest BCUT2D eigenvalue weighted by molar-refractivity contribution is 5.81. The smallest absolute Gasteiger partial charge is 0.281 e. The Morgan fingerprint density at radius 1 is 1.12 bits per heavy atom. The number of carbonyl (C=O) groups excluding carboxylic acids is 1. The molecule has 26 heavy (non-hydrogen) atoms. The van der Waals surface area contributed by atoms with Crippen molar-refractivity contribution in [2.24, 2.45) is 0 Å². The van der Waals surface area contributed by atoms with E-state index in [9.17, 15) is 4.79 Å². The number of piperidine rings is 1. The molecule has 3 rings (SSSR count). The van der Waals surface area contributed by atoms with Gasteiger partial charge < -0.3 is 14.7 Å². The summed E-state index contributed by atoms with van der Waals surface area (Å²) in [7, 11) is 0. The van der Waals surface area contributed by atoms with E-state index in [0.717, 1.165) is 39.0 Å². The number of nitrogens with one attached hydrogen (secondary N) is 1. The van der Waals surface area contributed by atoms with Gasteiger partial charge in [-0.2, -0.15) is 0 Å². The Balaban J connectivity index is 1.62. The van der Waals surface area contributed by atoms with E-state index in [1.165, 1.54) is 28.1 Å². The number of piperazine rings is 1. The van der Waals surface area contributed by atoms with Crippen LogP contribution in [0.3, 0.4) is 0 Å². The second-order valence-electron chi connectivity index (χ2n) is 8.46. The molecule has 4 nitrogen and oxygen atoms in total. The van der Waals surface area contributed by atoms with Crippen molar-refractivity contribution in [2.45, 2.75) is 72.0 Å². The molecule has 0 radical (unpaired) electrons. The van der Waals surface area contributed by atoms with Crippen LogP contribution in [0, 0.1) is 13.8 Å². The molecule has 0 aliphatic carbocycles. The predicted molar refractivity (Wildman–Crippen MR) is 108 cm³/mol. The Morgan fingerprint density at radius 3 is 2.35 bits per heavy atom. The number of quaternary nitrogens is 1. The molecule has 0 aromatic heterocycles. The number of hydrogen-bond donors (Lipinski definition) is 1. The number of amides is 1. The summed E-state index contributed by atoms with van der Waals surface area (Å²) in [5, 5.41) is 0. The van der Waals surface area contributed by atoms with Crippen molar-refractivity contribution in [1.82, 2.24) is 4.90 Å². The Kier molecular flexibility index (Phi) is 5.91. The highest BCUT2D eigenvalue weighted by Gasteiger charge is 2.37. The first kappa shape index (κ1) is 19.2. The fourth-order valence-corrected chi connectivity index (χ4v) is 4.80. The van der Waals surface area contributed by atoms with Crippen LogP contribution in [0.1, 0.15) is 51.2 Å². The normalized spacial score (nSPS) is 26.0. The number of carbonyl (C=O) groups is 1. The minimum Gasteiger partial charge on any atom is -0.360 e. The van der Waals surface area contributed by atoms with Crippen LogP contribution < -0.4 is 9.80 Å². The average Bonchev–Trinajstić information content (AvgIpc) is 2.63.